The third-order valence-corrected chi connectivity index (χ3v) is 7.01. The van der Waals surface area contributed by atoms with E-state index >= 15 is 0 Å². The second-order valence-corrected chi connectivity index (χ2v) is 9.06. The van der Waals surface area contributed by atoms with Gasteiger partial charge in [-0.05, 0) is 35.9 Å². The Kier molecular flexibility index (Phi) is 7.63. The van der Waals surface area contributed by atoms with E-state index < -0.39 is 10.0 Å². The van der Waals surface area contributed by atoms with Gasteiger partial charge < -0.3 is 9.64 Å². The van der Waals surface area contributed by atoms with Gasteiger partial charge in [-0.15, -0.1) is 0 Å². The van der Waals surface area contributed by atoms with Crippen molar-refractivity contribution in [3.05, 3.63) is 58.1 Å². The van der Waals surface area contributed by atoms with E-state index in [1.807, 2.05) is 24.3 Å². The Labute approximate surface area is 175 Å². The molecule has 0 aliphatic heterocycles. The third-order valence-electron chi connectivity index (χ3n) is 4.41. The van der Waals surface area contributed by atoms with Crippen LogP contribution in [0.15, 0.2) is 51.8 Å². The van der Waals surface area contributed by atoms with Gasteiger partial charge in [0, 0.05) is 36.7 Å². The zero-order valence-electron chi connectivity index (χ0n) is 16.5. The SMILES string of the molecule is CCN(CC)S(=O)(=O)c1cc(C(=O)N(C)Cc2ccc(Br)cc2)ccc1OC. The number of hydrogen-bond donors (Lipinski definition) is 0. The highest BCUT2D eigenvalue weighted by Gasteiger charge is 2.27. The molecule has 0 saturated heterocycles. The molecule has 0 saturated carbocycles. The lowest BCUT2D eigenvalue weighted by molar-refractivity contribution is 0.0785. The maximum atomic E-state index is 13.0. The fraction of sp³-hybridized carbons (Fsp3) is 0.350. The molecule has 0 spiro atoms. The number of amides is 1. The van der Waals surface area contributed by atoms with E-state index in [-0.39, 0.29) is 16.6 Å². The van der Waals surface area contributed by atoms with Gasteiger partial charge in [0.05, 0.1) is 7.11 Å². The van der Waals surface area contributed by atoms with Gasteiger partial charge in [-0.3, -0.25) is 4.79 Å². The zero-order valence-corrected chi connectivity index (χ0v) is 18.9. The summed E-state index contributed by atoms with van der Waals surface area (Å²) in [6, 6.07) is 12.2. The average molecular weight is 469 g/mol. The Bertz CT molecular complexity index is 926. The first kappa shape index (κ1) is 22.4. The lowest BCUT2D eigenvalue weighted by Crippen LogP contribution is -2.31. The summed E-state index contributed by atoms with van der Waals surface area (Å²) in [4.78, 5) is 14.4. The molecular formula is C20H25BrN2O4S. The van der Waals surface area contributed by atoms with Gasteiger partial charge in [0.25, 0.3) is 5.91 Å². The summed E-state index contributed by atoms with van der Waals surface area (Å²) in [7, 11) is -0.655. The number of methoxy groups -OCH3 is 1. The number of sulfonamides is 1. The Balaban J connectivity index is 2.35. The molecule has 8 heteroatoms. The summed E-state index contributed by atoms with van der Waals surface area (Å²) in [5.41, 5.74) is 1.27. The highest BCUT2D eigenvalue weighted by atomic mass is 79.9. The summed E-state index contributed by atoms with van der Waals surface area (Å²) in [5, 5.41) is 0. The lowest BCUT2D eigenvalue weighted by Gasteiger charge is -2.22. The van der Waals surface area contributed by atoms with Crippen molar-refractivity contribution < 1.29 is 17.9 Å². The average Bonchev–Trinajstić information content (AvgIpc) is 2.69. The van der Waals surface area contributed by atoms with Crippen LogP contribution in [0.5, 0.6) is 5.75 Å². The largest absolute Gasteiger partial charge is 0.495 e. The van der Waals surface area contributed by atoms with Crippen molar-refractivity contribution in [1.29, 1.82) is 0 Å². The second-order valence-electron chi connectivity index (χ2n) is 6.24. The maximum Gasteiger partial charge on any atom is 0.253 e. The Morgan fingerprint density at radius 2 is 1.68 bits per heavy atom. The molecule has 0 unspecified atom stereocenters. The van der Waals surface area contributed by atoms with Crippen LogP contribution in [0.2, 0.25) is 0 Å². The second kappa shape index (κ2) is 9.54. The smallest absolute Gasteiger partial charge is 0.253 e. The molecule has 152 valence electrons. The van der Waals surface area contributed by atoms with Crippen LogP contribution < -0.4 is 4.74 Å². The minimum absolute atomic E-state index is 0.00147. The summed E-state index contributed by atoms with van der Waals surface area (Å²) < 4.78 is 33.5. The number of nitrogens with zero attached hydrogens (tertiary/aromatic N) is 2. The molecule has 0 radical (unpaired) electrons. The van der Waals surface area contributed by atoms with Gasteiger partial charge in [0.15, 0.2) is 0 Å². The predicted molar refractivity (Wildman–Crippen MR) is 113 cm³/mol. The van der Waals surface area contributed by atoms with Crippen LogP contribution in [0, 0.1) is 0 Å². The maximum absolute atomic E-state index is 13.0. The fourth-order valence-corrected chi connectivity index (χ4v) is 4.77. The standard InChI is InChI=1S/C20H25BrN2O4S/c1-5-23(6-2)28(25,26)19-13-16(9-12-18(19)27-4)20(24)22(3)14-15-7-10-17(21)11-8-15/h7-13H,5-6,14H2,1-4H3. The molecule has 0 aromatic heterocycles. The zero-order chi connectivity index (χ0) is 20.9. The van der Waals surface area contributed by atoms with E-state index in [9.17, 15) is 13.2 Å². The molecule has 0 atom stereocenters. The van der Waals surface area contributed by atoms with Crippen LogP contribution in [-0.2, 0) is 16.6 Å². The minimum Gasteiger partial charge on any atom is -0.495 e. The first-order valence-electron chi connectivity index (χ1n) is 8.92. The van der Waals surface area contributed by atoms with Crippen LogP contribution in [0.3, 0.4) is 0 Å². The lowest BCUT2D eigenvalue weighted by atomic mass is 10.1. The van der Waals surface area contributed by atoms with Crippen LogP contribution >= 0.6 is 15.9 Å². The fourth-order valence-electron chi connectivity index (χ4n) is 2.87. The highest BCUT2D eigenvalue weighted by Crippen LogP contribution is 2.28. The van der Waals surface area contributed by atoms with Crippen LogP contribution in [0.4, 0.5) is 0 Å². The third kappa shape index (κ3) is 4.92. The van der Waals surface area contributed by atoms with Crippen molar-refractivity contribution in [2.75, 3.05) is 27.2 Å². The number of carbonyl (C=O) groups is 1. The molecule has 0 heterocycles. The molecule has 0 aliphatic rings. The van der Waals surface area contributed by atoms with Crippen molar-refractivity contribution in [3.63, 3.8) is 0 Å². The molecule has 0 fully saturated rings. The first-order chi connectivity index (χ1) is 13.2. The number of rotatable bonds is 8. The van der Waals surface area contributed by atoms with E-state index in [4.69, 9.17) is 4.74 Å². The number of ether oxygens (including phenoxy) is 1. The number of hydrogen-bond acceptors (Lipinski definition) is 4. The molecule has 2 rings (SSSR count). The molecule has 0 bridgehead atoms. The quantitative estimate of drug-likeness (QED) is 0.591. The van der Waals surface area contributed by atoms with Gasteiger partial charge in [0.2, 0.25) is 10.0 Å². The molecule has 6 nitrogen and oxygen atoms in total. The Morgan fingerprint density at radius 3 is 2.21 bits per heavy atom. The van der Waals surface area contributed by atoms with Crippen molar-refractivity contribution in [2.24, 2.45) is 0 Å². The van der Waals surface area contributed by atoms with Crippen LogP contribution in [-0.4, -0.2) is 50.8 Å². The van der Waals surface area contributed by atoms with Gasteiger partial charge in [-0.25, -0.2) is 8.42 Å². The predicted octanol–water partition coefficient (Wildman–Crippen LogP) is 3.76. The molecule has 2 aromatic carbocycles. The number of carbonyl (C=O) groups excluding carboxylic acids is 1. The molecule has 0 N–H and O–H groups in total. The van der Waals surface area contributed by atoms with E-state index in [1.54, 1.807) is 31.9 Å². The van der Waals surface area contributed by atoms with E-state index in [0.717, 1.165) is 10.0 Å². The molecule has 2 aromatic rings. The van der Waals surface area contributed by atoms with Gasteiger partial charge in [-0.1, -0.05) is 41.9 Å². The summed E-state index contributed by atoms with van der Waals surface area (Å²) in [5.74, 6) is -0.0411. The van der Waals surface area contributed by atoms with Crippen molar-refractivity contribution in [1.82, 2.24) is 9.21 Å². The van der Waals surface area contributed by atoms with Gasteiger partial charge in [-0.2, -0.15) is 4.31 Å². The van der Waals surface area contributed by atoms with Gasteiger partial charge in [0.1, 0.15) is 10.6 Å². The Morgan fingerprint density at radius 1 is 1.07 bits per heavy atom. The monoisotopic (exact) mass is 468 g/mol. The van der Waals surface area contributed by atoms with E-state index in [1.165, 1.54) is 23.5 Å². The van der Waals surface area contributed by atoms with E-state index in [2.05, 4.69) is 15.9 Å². The highest BCUT2D eigenvalue weighted by molar-refractivity contribution is 9.10. The number of halogens is 1. The van der Waals surface area contributed by atoms with Crippen molar-refractivity contribution in [2.45, 2.75) is 25.3 Å². The molecule has 28 heavy (non-hydrogen) atoms. The van der Waals surface area contributed by atoms with Crippen molar-refractivity contribution >= 4 is 31.9 Å². The Hall–Kier alpha value is -1.90. The summed E-state index contributed by atoms with van der Waals surface area (Å²) in [6.45, 7) is 4.63. The molecular weight excluding hydrogens is 444 g/mol. The topological polar surface area (TPSA) is 66.9 Å². The van der Waals surface area contributed by atoms with E-state index in [0.29, 0.717) is 25.2 Å². The number of benzene rings is 2. The summed E-state index contributed by atoms with van der Waals surface area (Å²) >= 11 is 3.39. The minimum atomic E-state index is -3.76. The first-order valence-corrected chi connectivity index (χ1v) is 11.2. The van der Waals surface area contributed by atoms with Crippen LogP contribution in [0.25, 0.3) is 0 Å². The van der Waals surface area contributed by atoms with Crippen molar-refractivity contribution in [3.8, 4) is 5.75 Å². The van der Waals surface area contributed by atoms with Crippen LogP contribution in [0.1, 0.15) is 29.8 Å². The summed E-state index contributed by atoms with van der Waals surface area (Å²) in [6.07, 6.45) is 0. The van der Waals surface area contributed by atoms with Gasteiger partial charge >= 0.3 is 0 Å². The molecule has 1 amide bonds. The molecule has 0 aliphatic carbocycles. The normalized spacial score (nSPS) is 11.5.